The van der Waals surface area contributed by atoms with Gasteiger partial charge < -0.3 is 25.6 Å². The van der Waals surface area contributed by atoms with E-state index in [9.17, 15) is 19.8 Å². The number of carbonyl (C=O) groups excluding carboxylic acids is 1. The smallest absolute Gasteiger partial charge is 0.335 e. The predicted molar refractivity (Wildman–Crippen MR) is 77.1 cm³/mol. The zero-order chi connectivity index (χ0) is 15.7. The topological polar surface area (TPSA) is 108 Å². The molecular formula is C13H13BrN2O5. The number of aromatic hydroxyl groups is 1. The van der Waals surface area contributed by atoms with Crippen LogP contribution in [0.15, 0.2) is 27.9 Å². The normalized spacial score (nSPS) is 18.0. The van der Waals surface area contributed by atoms with Gasteiger partial charge in [-0.2, -0.15) is 0 Å². The maximum Gasteiger partial charge on any atom is 0.335 e. The van der Waals surface area contributed by atoms with Crippen LogP contribution in [-0.4, -0.2) is 29.3 Å². The van der Waals surface area contributed by atoms with Crippen LogP contribution < -0.4 is 15.4 Å². The number of allylic oxidation sites excluding steroid dienone is 1. The van der Waals surface area contributed by atoms with Crippen molar-refractivity contribution < 1.29 is 24.5 Å². The third-order valence-electron chi connectivity index (χ3n) is 3.10. The summed E-state index contributed by atoms with van der Waals surface area (Å²) in [7, 11) is 1.38. The van der Waals surface area contributed by atoms with E-state index in [4.69, 9.17) is 4.74 Å². The van der Waals surface area contributed by atoms with Gasteiger partial charge in [0.15, 0.2) is 11.5 Å². The van der Waals surface area contributed by atoms with E-state index in [1.54, 1.807) is 0 Å². The summed E-state index contributed by atoms with van der Waals surface area (Å²) in [5.74, 6) is -1.07. The highest BCUT2D eigenvalue weighted by Crippen LogP contribution is 2.39. The number of urea groups is 1. The highest BCUT2D eigenvalue weighted by atomic mass is 79.9. The third-order valence-corrected chi connectivity index (χ3v) is 3.71. The number of amides is 2. The molecule has 0 bridgehead atoms. The highest BCUT2D eigenvalue weighted by Gasteiger charge is 2.31. The van der Waals surface area contributed by atoms with Crippen LogP contribution in [0, 0.1) is 0 Å². The summed E-state index contributed by atoms with van der Waals surface area (Å²) in [5.41, 5.74) is 0.761. The molecule has 0 radical (unpaired) electrons. The van der Waals surface area contributed by atoms with Gasteiger partial charge in [-0.1, -0.05) is 0 Å². The summed E-state index contributed by atoms with van der Waals surface area (Å²) in [6.07, 6.45) is 0. The lowest BCUT2D eigenvalue weighted by molar-refractivity contribution is -0.133. The van der Waals surface area contributed by atoms with Crippen molar-refractivity contribution in [2.45, 2.75) is 13.0 Å². The number of phenolic OH excluding ortho intramolecular Hbond substituents is 1. The Morgan fingerprint density at radius 3 is 2.67 bits per heavy atom. The molecule has 1 unspecified atom stereocenters. The Hall–Kier alpha value is -2.22. The van der Waals surface area contributed by atoms with Crippen LogP contribution in [0.1, 0.15) is 18.5 Å². The lowest BCUT2D eigenvalue weighted by Crippen LogP contribution is -2.45. The van der Waals surface area contributed by atoms with Gasteiger partial charge in [0.2, 0.25) is 0 Å². The Morgan fingerprint density at radius 1 is 1.43 bits per heavy atom. The van der Waals surface area contributed by atoms with E-state index in [1.807, 2.05) is 0 Å². The molecule has 21 heavy (non-hydrogen) atoms. The molecule has 1 aliphatic rings. The molecule has 1 aromatic rings. The zero-order valence-corrected chi connectivity index (χ0v) is 12.8. The Morgan fingerprint density at radius 2 is 2.10 bits per heavy atom. The number of carboxylic acid groups (broad SMARTS) is 1. The Bertz CT molecular complexity index is 656. The van der Waals surface area contributed by atoms with E-state index in [2.05, 4.69) is 26.6 Å². The molecule has 4 N–H and O–H groups in total. The first-order valence-corrected chi connectivity index (χ1v) is 6.72. The van der Waals surface area contributed by atoms with E-state index in [0.717, 1.165) is 0 Å². The number of nitrogens with one attached hydrogen (secondary N) is 2. The van der Waals surface area contributed by atoms with E-state index in [-0.39, 0.29) is 22.8 Å². The first kappa shape index (κ1) is 15.2. The molecule has 7 nitrogen and oxygen atoms in total. The second-order valence-corrected chi connectivity index (χ2v) is 5.28. The number of phenols is 1. The van der Waals surface area contributed by atoms with Gasteiger partial charge in [-0.05, 0) is 40.5 Å². The minimum Gasteiger partial charge on any atom is -0.503 e. The van der Waals surface area contributed by atoms with Crippen LogP contribution in [0.25, 0.3) is 0 Å². The van der Waals surface area contributed by atoms with Crippen molar-refractivity contribution in [1.82, 2.24) is 10.6 Å². The third kappa shape index (κ3) is 2.80. The number of benzene rings is 1. The van der Waals surface area contributed by atoms with Gasteiger partial charge in [-0.3, -0.25) is 0 Å². The summed E-state index contributed by atoms with van der Waals surface area (Å²) < 4.78 is 5.37. The molecule has 8 heteroatoms. The van der Waals surface area contributed by atoms with Gasteiger partial charge in [0, 0.05) is 5.70 Å². The van der Waals surface area contributed by atoms with Gasteiger partial charge in [0.05, 0.1) is 23.2 Å². The summed E-state index contributed by atoms with van der Waals surface area (Å²) in [6.45, 7) is 1.52. The number of hydrogen-bond donors (Lipinski definition) is 4. The van der Waals surface area contributed by atoms with Crippen LogP contribution in [0.3, 0.4) is 0 Å². The molecule has 1 atom stereocenters. The minimum atomic E-state index is -1.15. The fourth-order valence-electron chi connectivity index (χ4n) is 2.14. The molecule has 1 aliphatic heterocycles. The fourth-order valence-corrected chi connectivity index (χ4v) is 2.60. The largest absolute Gasteiger partial charge is 0.503 e. The van der Waals surface area contributed by atoms with E-state index >= 15 is 0 Å². The molecule has 2 rings (SSSR count). The van der Waals surface area contributed by atoms with Crippen molar-refractivity contribution >= 4 is 27.9 Å². The maximum atomic E-state index is 11.6. The zero-order valence-electron chi connectivity index (χ0n) is 11.2. The average molecular weight is 357 g/mol. The van der Waals surface area contributed by atoms with E-state index in [0.29, 0.717) is 10.0 Å². The first-order chi connectivity index (χ1) is 9.85. The van der Waals surface area contributed by atoms with Crippen molar-refractivity contribution in [3.63, 3.8) is 0 Å². The second kappa shape index (κ2) is 5.65. The second-order valence-electron chi connectivity index (χ2n) is 4.43. The van der Waals surface area contributed by atoms with Gasteiger partial charge in [0.1, 0.15) is 0 Å². The molecule has 0 saturated heterocycles. The maximum absolute atomic E-state index is 11.6. The Kier molecular flexibility index (Phi) is 4.08. The quantitative estimate of drug-likeness (QED) is 0.661. The van der Waals surface area contributed by atoms with Gasteiger partial charge >= 0.3 is 12.0 Å². The number of carbonyl (C=O) groups is 2. The van der Waals surface area contributed by atoms with Gasteiger partial charge in [-0.25, -0.2) is 9.59 Å². The molecule has 0 aliphatic carbocycles. The van der Waals surface area contributed by atoms with Crippen molar-refractivity contribution in [3.05, 3.63) is 33.4 Å². The van der Waals surface area contributed by atoms with Crippen LogP contribution in [0.2, 0.25) is 0 Å². The number of rotatable bonds is 3. The molecule has 2 amide bonds. The molecule has 0 saturated carbocycles. The minimum absolute atomic E-state index is 0.0224. The lowest BCUT2D eigenvalue weighted by atomic mass is 9.95. The molecule has 112 valence electrons. The fraction of sp³-hybridized carbons (Fsp3) is 0.231. The Labute approximate surface area is 128 Å². The molecular weight excluding hydrogens is 344 g/mol. The van der Waals surface area contributed by atoms with Crippen LogP contribution >= 0.6 is 15.9 Å². The molecule has 1 heterocycles. The monoisotopic (exact) mass is 356 g/mol. The Balaban J connectivity index is 2.58. The SMILES string of the molecule is COc1cc(C2NC(=O)NC(C)=C2C(=O)O)cc(Br)c1O. The van der Waals surface area contributed by atoms with Crippen LogP contribution in [0.4, 0.5) is 4.79 Å². The standard InChI is InChI=1S/C13H13BrN2O5/c1-5-9(12(18)19)10(16-13(20)15-5)6-3-7(14)11(17)8(4-6)21-2/h3-4,10,17H,1-2H3,(H,18,19)(H2,15,16,20). The number of halogens is 1. The summed E-state index contributed by atoms with van der Waals surface area (Å²) in [4.78, 5) is 23.0. The number of hydrogen-bond acceptors (Lipinski definition) is 4. The van der Waals surface area contributed by atoms with Crippen molar-refractivity contribution in [3.8, 4) is 11.5 Å². The van der Waals surface area contributed by atoms with Gasteiger partial charge in [-0.15, -0.1) is 0 Å². The summed E-state index contributed by atoms with van der Waals surface area (Å²) in [5, 5.41) is 24.1. The molecule has 0 fully saturated rings. The molecule has 0 spiro atoms. The van der Waals surface area contributed by atoms with Crippen LogP contribution in [0.5, 0.6) is 11.5 Å². The number of carboxylic acids is 1. The number of aliphatic carboxylic acids is 1. The van der Waals surface area contributed by atoms with Gasteiger partial charge in [0.25, 0.3) is 0 Å². The lowest BCUT2D eigenvalue weighted by Gasteiger charge is -2.27. The predicted octanol–water partition coefficient (Wildman–Crippen LogP) is 1.88. The average Bonchev–Trinajstić information content (AvgIpc) is 2.40. The van der Waals surface area contributed by atoms with E-state index < -0.39 is 18.0 Å². The summed E-state index contributed by atoms with van der Waals surface area (Å²) >= 11 is 3.17. The highest BCUT2D eigenvalue weighted by molar-refractivity contribution is 9.10. The van der Waals surface area contributed by atoms with Crippen molar-refractivity contribution in [2.24, 2.45) is 0 Å². The number of ether oxygens (including phenoxy) is 1. The van der Waals surface area contributed by atoms with Crippen molar-refractivity contribution in [2.75, 3.05) is 7.11 Å². The molecule has 1 aromatic carbocycles. The van der Waals surface area contributed by atoms with E-state index in [1.165, 1.54) is 26.2 Å². The van der Waals surface area contributed by atoms with Crippen molar-refractivity contribution in [1.29, 1.82) is 0 Å². The summed E-state index contributed by atoms with van der Waals surface area (Å²) in [6, 6.07) is 1.67. The number of methoxy groups -OCH3 is 1. The van der Waals surface area contributed by atoms with Crippen LogP contribution in [-0.2, 0) is 4.79 Å². The molecule has 0 aromatic heterocycles. The first-order valence-electron chi connectivity index (χ1n) is 5.93.